The lowest BCUT2D eigenvalue weighted by Crippen LogP contribution is -2.58. The number of sulfonamides is 1. The fourth-order valence-corrected chi connectivity index (χ4v) is 8.58. The molecule has 1 aliphatic carbocycles. The van der Waals surface area contributed by atoms with Crippen molar-refractivity contribution < 1.29 is 39.9 Å². The molecule has 2 amide bonds. The normalized spacial score (nSPS) is 17.9. The highest BCUT2D eigenvalue weighted by molar-refractivity contribution is 7.99. The zero-order chi connectivity index (χ0) is 34.8. The summed E-state index contributed by atoms with van der Waals surface area (Å²) in [6.07, 6.45) is 4.50. The van der Waals surface area contributed by atoms with E-state index < -0.39 is 60.4 Å². The number of nitrogens with zero attached hydrogens (tertiary/aromatic N) is 1. The molecule has 2 aromatic carbocycles. The number of nitrogens with one attached hydrogen (secondary N) is 2. The van der Waals surface area contributed by atoms with E-state index in [-0.39, 0.29) is 59.6 Å². The molecule has 0 saturated heterocycles. The Kier molecular flexibility index (Phi) is 12.6. The summed E-state index contributed by atoms with van der Waals surface area (Å²) < 4.78 is 87.6. The number of hydrogen-bond donors (Lipinski definition) is 3. The number of rotatable bonds is 12. The predicted octanol–water partition coefficient (Wildman–Crippen LogP) is 3.42. The molecule has 16 heteroatoms. The number of likely N-dealkylation sites (N-methyl/N-ethyl adjacent to an activating group) is 1. The van der Waals surface area contributed by atoms with Crippen molar-refractivity contribution in [3.8, 4) is 0 Å². The fourth-order valence-electron chi connectivity index (χ4n) is 5.98. The number of carbonyl (C=O) groups excluding carboxylic acids is 2. The molecule has 4 rings (SSSR count). The summed E-state index contributed by atoms with van der Waals surface area (Å²) in [7, 11) is -7.60. The van der Waals surface area contributed by atoms with Crippen LogP contribution in [0.15, 0.2) is 52.9 Å². The molecule has 1 heterocycles. The monoisotopic (exact) mass is 732 g/mol. The molecule has 1 spiro atoms. The third-order valence-electron chi connectivity index (χ3n) is 8.41. The van der Waals surface area contributed by atoms with Gasteiger partial charge in [-0.05, 0) is 74.6 Å². The summed E-state index contributed by atoms with van der Waals surface area (Å²) >= 11 is 0. The quantitative estimate of drug-likeness (QED) is 0.299. The van der Waals surface area contributed by atoms with Gasteiger partial charge in [-0.3, -0.25) is 9.59 Å². The van der Waals surface area contributed by atoms with E-state index in [9.17, 15) is 35.2 Å². The first-order chi connectivity index (χ1) is 21.9. The molecule has 2 aliphatic rings. The Hall–Kier alpha value is -2.95. The molecule has 1 saturated carbocycles. The van der Waals surface area contributed by atoms with Crippen molar-refractivity contribution in [1.82, 2.24) is 14.9 Å². The van der Waals surface area contributed by atoms with E-state index in [0.29, 0.717) is 18.4 Å². The number of benzene rings is 2. The van der Waals surface area contributed by atoms with Gasteiger partial charge in [0.2, 0.25) is 21.8 Å². The molecule has 0 aromatic heterocycles. The molecule has 2 aromatic rings. The minimum absolute atomic E-state index is 0. The van der Waals surface area contributed by atoms with Crippen molar-refractivity contribution in [2.24, 2.45) is 5.73 Å². The minimum Gasteiger partial charge on any atom is -0.374 e. The van der Waals surface area contributed by atoms with E-state index in [4.69, 9.17) is 10.5 Å². The van der Waals surface area contributed by atoms with Gasteiger partial charge in [-0.15, -0.1) is 12.4 Å². The van der Waals surface area contributed by atoms with Crippen molar-refractivity contribution in [1.29, 1.82) is 0 Å². The largest absolute Gasteiger partial charge is 0.374 e. The number of amides is 2. The first-order valence-corrected chi connectivity index (χ1v) is 18.7. The summed E-state index contributed by atoms with van der Waals surface area (Å²) in [5.74, 6) is -2.81. The lowest BCUT2D eigenvalue weighted by molar-refractivity contribution is -0.139. The van der Waals surface area contributed by atoms with Crippen LogP contribution >= 0.6 is 12.4 Å². The van der Waals surface area contributed by atoms with E-state index in [0.717, 1.165) is 43.7 Å². The molecule has 4 N–H and O–H groups in total. The third kappa shape index (κ3) is 9.18. The number of carbonyl (C=O) groups is 2. The Balaban J connectivity index is 0.00000625. The van der Waals surface area contributed by atoms with E-state index in [1.54, 1.807) is 6.92 Å². The average Bonchev–Trinajstić information content (AvgIpc) is 3.18. The topological polar surface area (TPSA) is 165 Å². The zero-order valence-electron chi connectivity index (χ0n) is 27.3. The SMILES string of the molecule is CCN(CC1=C(c2ccc(S(C)(=O)=O)cc2)S(=O)(=O)NC12CCCCC2)C(=O)[C@@H](COCc1cc(F)cc(F)c1)NC(=O)C(C)(C)N.Cl. The number of ether oxygens (including phenoxy) is 1. The molecular weight excluding hydrogens is 690 g/mol. The lowest BCUT2D eigenvalue weighted by atomic mass is 9.76. The van der Waals surface area contributed by atoms with Gasteiger partial charge in [0.15, 0.2) is 9.84 Å². The second-order valence-electron chi connectivity index (χ2n) is 12.7. The maximum atomic E-state index is 14.1. The number of nitrogens with two attached hydrogens (primary N) is 1. The average molecular weight is 733 g/mol. The van der Waals surface area contributed by atoms with E-state index in [1.807, 2.05) is 0 Å². The van der Waals surface area contributed by atoms with Crippen molar-refractivity contribution >= 4 is 49.0 Å². The lowest BCUT2D eigenvalue weighted by Gasteiger charge is -2.38. The molecule has 11 nitrogen and oxygen atoms in total. The first kappa shape index (κ1) is 39.5. The van der Waals surface area contributed by atoms with Gasteiger partial charge in [0.05, 0.1) is 34.1 Å². The standard InChI is InChI=1S/C32H42F2N4O7S2.ClH/c1-5-38(29(39)27(36-30(40)31(2,3)35)20-45-19-21-15-23(33)17-24(34)16-21)18-26-28(22-9-11-25(12-10-22)46(4,41)42)47(43,44)37-32(26)13-7-6-8-14-32;/h9-12,15-17,27,37H,5-8,13-14,18-20,35H2,1-4H3,(H,36,40);1H/t27-;/m1./s1. The van der Waals surface area contributed by atoms with Crippen LogP contribution in [0.1, 0.15) is 64.0 Å². The molecular formula is C32H43ClF2N4O7S2. The molecule has 266 valence electrons. The van der Waals surface area contributed by atoms with E-state index in [1.165, 1.54) is 43.0 Å². The van der Waals surface area contributed by atoms with Gasteiger partial charge in [0.1, 0.15) is 17.7 Å². The van der Waals surface area contributed by atoms with Crippen molar-refractivity contribution in [3.05, 3.63) is 70.8 Å². The molecule has 0 radical (unpaired) electrons. The van der Waals surface area contributed by atoms with Crippen LogP contribution in [-0.4, -0.2) is 76.6 Å². The summed E-state index contributed by atoms with van der Waals surface area (Å²) in [6, 6.07) is 7.22. The third-order valence-corrected chi connectivity index (χ3v) is 11.2. The van der Waals surface area contributed by atoms with Crippen molar-refractivity contribution in [3.63, 3.8) is 0 Å². The maximum Gasteiger partial charge on any atom is 0.247 e. The molecule has 0 unspecified atom stereocenters. The van der Waals surface area contributed by atoms with Crippen LogP contribution in [0.25, 0.3) is 4.91 Å². The summed E-state index contributed by atoms with van der Waals surface area (Å²) in [6.45, 7) is 4.04. The Labute approximate surface area is 287 Å². The molecule has 1 atom stereocenters. The van der Waals surface area contributed by atoms with Crippen LogP contribution in [0.4, 0.5) is 8.78 Å². The van der Waals surface area contributed by atoms with Gasteiger partial charge < -0.3 is 20.7 Å². The summed E-state index contributed by atoms with van der Waals surface area (Å²) in [5.41, 5.74) is 4.61. The predicted molar refractivity (Wildman–Crippen MR) is 180 cm³/mol. The first-order valence-electron chi connectivity index (χ1n) is 15.4. The molecule has 48 heavy (non-hydrogen) atoms. The van der Waals surface area contributed by atoms with Crippen LogP contribution in [0.5, 0.6) is 0 Å². The summed E-state index contributed by atoms with van der Waals surface area (Å²) in [5, 5.41) is 2.62. The molecule has 1 aliphatic heterocycles. The number of hydrogen-bond acceptors (Lipinski definition) is 8. The highest BCUT2D eigenvalue weighted by atomic mass is 35.5. The number of sulfone groups is 1. The minimum atomic E-state index is -4.07. The Morgan fingerprint density at radius 2 is 1.67 bits per heavy atom. The Bertz CT molecular complexity index is 1740. The van der Waals surface area contributed by atoms with E-state index in [2.05, 4.69) is 10.0 Å². The van der Waals surface area contributed by atoms with Crippen LogP contribution < -0.4 is 15.8 Å². The van der Waals surface area contributed by atoms with Gasteiger partial charge in [-0.2, -0.15) is 0 Å². The second kappa shape index (κ2) is 15.3. The van der Waals surface area contributed by atoms with Crippen LogP contribution in [0.2, 0.25) is 0 Å². The highest BCUT2D eigenvalue weighted by Crippen LogP contribution is 2.46. The van der Waals surface area contributed by atoms with Crippen molar-refractivity contribution in [2.75, 3.05) is 26.0 Å². The van der Waals surface area contributed by atoms with Crippen LogP contribution in [0.3, 0.4) is 0 Å². The second-order valence-corrected chi connectivity index (χ2v) is 16.4. The van der Waals surface area contributed by atoms with Gasteiger partial charge in [0, 0.05) is 25.4 Å². The van der Waals surface area contributed by atoms with Gasteiger partial charge in [0.25, 0.3) is 0 Å². The summed E-state index contributed by atoms with van der Waals surface area (Å²) in [4.78, 5) is 28.5. The Morgan fingerprint density at radius 3 is 2.19 bits per heavy atom. The molecule has 0 bridgehead atoms. The Morgan fingerprint density at radius 1 is 1.08 bits per heavy atom. The zero-order valence-corrected chi connectivity index (χ0v) is 29.8. The van der Waals surface area contributed by atoms with Gasteiger partial charge in [-0.1, -0.05) is 31.4 Å². The van der Waals surface area contributed by atoms with Crippen LogP contribution in [-0.2, 0) is 40.8 Å². The fraction of sp³-hybridized carbons (Fsp3) is 0.500. The number of halogens is 3. The maximum absolute atomic E-state index is 14.1. The van der Waals surface area contributed by atoms with Crippen LogP contribution in [0, 0.1) is 11.6 Å². The smallest absolute Gasteiger partial charge is 0.247 e. The van der Waals surface area contributed by atoms with Gasteiger partial charge >= 0.3 is 0 Å². The van der Waals surface area contributed by atoms with Crippen molar-refractivity contribution in [2.45, 2.75) is 81.5 Å². The van der Waals surface area contributed by atoms with E-state index >= 15 is 0 Å². The van der Waals surface area contributed by atoms with Gasteiger partial charge in [-0.25, -0.2) is 30.3 Å². The highest BCUT2D eigenvalue weighted by Gasteiger charge is 2.50. The molecule has 1 fully saturated rings.